The van der Waals surface area contributed by atoms with Crippen LogP contribution in [0.25, 0.3) is 66.2 Å². The smallest absolute Gasteiger partial charge is 0.0788 e. The molecule has 5 aromatic carbocycles. The van der Waals surface area contributed by atoms with Gasteiger partial charge in [0.15, 0.2) is 0 Å². The van der Waals surface area contributed by atoms with E-state index in [-0.39, 0.29) is 20.1 Å². The number of hydrogen-bond donors (Lipinski definition) is 0. The van der Waals surface area contributed by atoms with Gasteiger partial charge in [-0.15, -0.1) is 29.8 Å². The van der Waals surface area contributed by atoms with Gasteiger partial charge >= 0.3 is 0 Å². The number of hydrogen-bond acceptors (Lipinski definition) is 1. The molecule has 0 saturated carbocycles. The second-order valence-corrected chi connectivity index (χ2v) is 9.57. The van der Waals surface area contributed by atoms with Gasteiger partial charge in [-0.05, 0) is 41.7 Å². The first-order valence-corrected chi connectivity index (χ1v) is 12.8. The van der Waals surface area contributed by atoms with Crippen LogP contribution in [-0.4, -0.2) is 14.1 Å². The van der Waals surface area contributed by atoms with Gasteiger partial charge in [0.05, 0.1) is 22.1 Å². The van der Waals surface area contributed by atoms with Gasteiger partial charge in [0.1, 0.15) is 0 Å². The standard InChI is InChI=1S/C35H22N3.Ir/c1-2-12-25(13-3-1)37-32-18-6-4-15-27(32)29-20-21-30-28-16-5-7-19-33(28)38(35(30)34(29)37)26-14-10-11-24(23-26)31-17-8-9-22-36-31;/h1-10,12-23H;/q-1;. The molecular formula is C35H22IrN3-. The van der Waals surface area contributed by atoms with Gasteiger partial charge in [0.25, 0.3) is 0 Å². The number of para-hydroxylation sites is 3. The summed E-state index contributed by atoms with van der Waals surface area (Å²) >= 11 is 0. The Kier molecular flexibility index (Phi) is 5.66. The maximum atomic E-state index is 4.58. The number of pyridine rings is 1. The monoisotopic (exact) mass is 677 g/mol. The van der Waals surface area contributed by atoms with Crippen LogP contribution in [0.4, 0.5) is 0 Å². The molecule has 3 aromatic heterocycles. The van der Waals surface area contributed by atoms with Gasteiger partial charge in [0.2, 0.25) is 0 Å². The summed E-state index contributed by atoms with van der Waals surface area (Å²) < 4.78 is 4.82. The maximum Gasteiger partial charge on any atom is 0.0788 e. The Labute approximate surface area is 239 Å². The molecule has 0 bridgehead atoms. The van der Waals surface area contributed by atoms with Crippen LogP contribution in [0.15, 0.2) is 134 Å². The average molecular weight is 677 g/mol. The van der Waals surface area contributed by atoms with Crippen LogP contribution in [-0.2, 0) is 20.1 Å². The molecule has 8 rings (SSSR count). The summed E-state index contributed by atoms with van der Waals surface area (Å²) in [6.07, 6.45) is 1.83. The third kappa shape index (κ3) is 3.57. The summed E-state index contributed by atoms with van der Waals surface area (Å²) in [5.41, 5.74) is 8.92. The summed E-state index contributed by atoms with van der Waals surface area (Å²) in [7, 11) is 0. The minimum atomic E-state index is 0. The molecule has 8 aromatic rings. The zero-order valence-corrected chi connectivity index (χ0v) is 23.3. The molecule has 4 heteroatoms. The van der Waals surface area contributed by atoms with Crippen molar-refractivity contribution in [2.45, 2.75) is 0 Å². The fourth-order valence-corrected chi connectivity index (χ4v) is 5.88. The summed E-state index contributed by atoms with van der Waals surface area (Å²) in [6.45, 7) is 0. The van der Waals surface area contributed by atoms with Crippen molar-refractivity contribution in [1.82, 2.24) is 14.1 Å². The van der Waals surface area contributed by atoms with Crippen LogP contribution in [0.5, 0.6) is 0 Å². The summed E-state index contributed by atoms with van der Waals surface area (Å²) in [5.74, 6) is 0. The summed E-state index contributed by atoms with van der Waals surface area (Å²) in [4.78, 5) is 4.58. The fourth-order valence-electron chi connectivity index (χ4n) is 5.88. The Morgan fingerprint density at radius 1 is 0.513 bits per heavy atom. The number of rotatable bonds is 3. The second-order valence-electron chi connectivity index (χ2n) is 9.57. The quantitative estimate of drug-likeness (QED) is 0.172. The first-order valence-electron chi connectivity index (χ1n) is 12.8. The third-order valence-corrected chi connectivity index (χ3v) is 7.47. The van der Waals surface area contributed by atoms with Gasteiger partial charge in [0, 0.05) is 53.5 Å². The molecule has 0 aliphatic rings. The molecule has 3 nitrogen and oxygen atoms in total. The molecule has 1 radical (unpaired) electrons. The Balaban J connectivity index is 0.00000253. The number of nitrogens with zero attached hydrogens (tertiary/aromatic N) is 3. The second kappa shape index (κ2) is 9.36. The first-order chi connectivity index (χ1) is 18.9. The van der Waals surface area contributed by atoms with E-state index in [1.54, 1.807) is 0 Å². The zero-order valence-electron chi connectivity index (χ0n) is 20.9. The van der Waals surface area contributed by atoms with Crippen molar-refractivity contribution >= 4 is 43.6 Å². The summed E-state index contributed by atoms with van der Waals surface area (Å²) in [5, 5.41) is 4.97. The van der Waals surface area contributed by atoms with E-state index in [2.05, 4.69) is 123 Å². The molecular weight excluding hydrogens is 655 g/mol. The Morgan fingerprint density at radius 2 is 1.10 bits per heavy atom. The van der Waals surface area contributed by atoms with Crippen LogP contribution in [0, 0.1) is 6.07 Å². The van der Waals surface area contributed by atoms with Gasteiger partial charge in [-0.3, -0.25) is 0 Å². The van der Waals surface area contributed by atoms with Gasteiger partial charge in [-0.2, -0.15) is 0 Å². The van der Waals surface area contributed by atoms with Crippen molar-refractivity contribution < 1.29 is 20.1 Å². The minimum absolute atomic E-state index is 0. The molecule has 0 saturated heterocycles. The summed E-state index contributed by atoms with van der Waals surface area (Å²) in [6, 6.07) is 48.4. The van der Waals surface area contributed by atoms with Crippen molar-refractivity contribution in [3.8, 4) is 22.6 Å². The van der Waals surface area contributed by atoms with E-state index in [4.69, 9.17) is 0 Å². The Morgan fingerprint density at radius 3 is 1.74 bits per heavy atom. The Hall–Kier alpha value is -4.50. The normalized spacial score (nSPS) is 11.4. The van der Waals surface area contributed by atoms with Crippen LogP contribution in [0.1, 0.15) is 0 Å². The average Bonchev–Trinajstić information content (AvgIpc) is 3.51. The molecule has 0 spiro atoms. The first kappa shape index (κ1) is 23.6. The predicted octanol–water partition coefficient (Wildman–Crippen LogP) is 8.74. The molecule has 187 valence electrons. The van der Waals surface area contributed by atoms with Crippen LogP contribution < -0.4 is 0 Å². The molecule has 0 N–H and O–H groups in total. The molecule has 0 aliphatic heterocycles. The molecule has 0 atom stereocenters. The SMILES string of the molecule is [Ir].[c-]1ccc(-n2c3ccccc3c3ccc4c5ccccc5n(-c5ccccc5)c4c32)cc1-c1ccccn1. The number of aromatic nitrogens is 3. The maximum absolute atomic E-state index is 4.58. The molecule has 0 unspecified atom stereocenters. The van der Waals surface area contributed by atoms with Crippen molar-refractivity contribution in [3.05, 3.63) is 140 Å². The van der Waals surface area contributed by atoms with Gasteiger partial charge in [-0.1, -0.05) is 78.9 Å². The Bertz CT molecular complexity index is 2120. The van der Waals surface area contributed by atoms with Gasteiger partial charge < -0.3 is 14.1 Å². The van der Waals surface area contributed by atoms with E-state index < -0.39 is 0 Å². The van der Waals surface area contributed by atoms with Crippen LogP contribution >= 0.6 is 0 Å². The molecule has 0 aliphatic carbocycles. The fraction of sp³-hybridized carbons (Fsp3) is 0. The molecule has 39 heavy (non-hydrogen) atoms. The van der Waals surface area contributed by atoms with Crippen molar-refractivity contribution in [2.24, 2.45) is 0 Å². The van der Waals surface area contributed by atoms with E-state index in [1.807, 2.05) is 30.5 Å². The van der Waals surface area contributed by atoms with Crippen LogP contribution in [0.3, 0.4) is 0 Å². The van der Waals surface area contributed by atoms with E-state index in [0.717, 1.165) is 22.6 Å². The molecule has 3 heterocycles. The van der Waals surface area contributed by atoms with Crippen LogP contribution in [0.2, 0.25) is 0 Å². The van der Waals surface area contributed by atoms with Crippen molar-refractivity contribution in [2.75, 3.05) is 0 Å². The van der Waals surface area contributed by atoms with Crippen molar-refractivity contribution in [3.63, 3.8) is 0 Å². The number of fused-ring (bicyclic) bond motifs is 7. The van der Waals surface area contributed by atoms with Crippen molar-refractivity contribution in [1.29, 1.82) is 0 Å². The minimum Gasteiger partial charge on any atom is -0.325 e. The largest absolute Gasteiger partial charge is 0.325 e. The molecule has 0 fully saturated rings. The zero-order chi connectivity index (χ0) is 25.1. The predicted molar refractivity (Wildman–Crippen MR) is 157 cm³/mol. The van der Waals surface area contributed by atoms with E-state index in [0.29, 0.717) is 0 Å². The van der Waals surface area contributed by atoms with E-state index >= 15 is 0 Å². The molecule has 0 amide bonds. The van der Waals surface area contributed by atoms with Gasteiger partial charge in [-0.25, -0.2) is 0 Å². The third-order valence-electron chi connectivity index (χ3n) is 7.47. The number of benzene rings is 5. The topological polar surface area (TPSA) is 22.8 Å². The van der Waals surface area contributed by atoms with E-state index in [9.17, 15) is 0 Å². The van der Waals surface area contributed by atoms with E-state index in [1.165, 1.54) is 43.6 Å².